The van der Waals surface area contributed by atoms with Crippen LogP contribution in [0.2, 0.25) is 18.1 Å². The van der Waals surface area contributed by atoms with Gasteiger partial charge in [-0.1, -0.05) is 127 Å². The van der Waals surface area contributed by atoms with Gasteiger partial charge in [0.2, 0.25) is 0 Å². The second-order valence-electron chi connectivity index (χ2n) is 15.3. The predicted octanol–water partition coefficient (Wildman–Crippen LogP) is 11.6. The van der Waals surface area contributed by atoms with Crippen molar-refractivity contribution in [1.82, 2.24) is 0 Å². The van der Waals surface area contributed by atoms with E-state index in [2.05, 4.69) is 65.9 Å². The molecule has 3 rings (SSSR count). The highest BCUT2D eigenvalue weighted by Crippen LogP contribution is 2.41. The van der Waals surface area contributed by atoms with Crippen LogP contribution in [0.25, 0.3) is 11.1 Å². The van der Waals surface area contributed by atoms with E-state index in [0.29, 0.717) is 17.9 Å². The molecule has 0 heterocycles. The number of unbranched alkanes of at least 4 members (excludes halogenated alkanes) is 5. The van der Waals surface area contributed by atoms with Gasteiger partial charge in [-0.25, -0.2) is 4.79 Å². The highest BCUT2D eigenvalue weighted by molar-refractivity contribution is 6.74. The van der Waals surface area contributed by atoms with E-state index in [4.69, 9.17) is 14.3 Å². The molecule has 2 aromatic carbocycles. The predicted molar refractivity (Wildman–Crippen MR) is 197 cm³/mol. The number of aliphatic carboxylic acids is 1. The summed E-state index contributed by atoms with van der Waals surface area (Å²) in [6.45, 7) is 16.3. The van der Waals surface area contributed by atoms with Crippen LogP contribution in [-0.4, -0.2) is 37.6 Å². The van der Waals surface area contributed by atoms with E-state index in [1.165, 1.54) is 31.3 Å². The molecule has 0 amide bonds. The Kier molecular flexibility index (Phi) is 15.4. The van der Waals surface area contributed by atoms with Crippen LogP contribution in [0.1, 0.15) is 128 Å². The number of hydrogen-bond donors (Lipinski definition) is 1. The Morgan fingerprint density at radius 3 is 2.19 bits per heavy atom. The lowest BCUT2D eigenvalue weighted by Gasteiger charge is -2.41. The van der Waals surface area contributed by atoms with Crippen LogP contribution < -0.4 is 0 Å². The summed E-state index contributed by atoms with van der Waals surface area (Å²) >= 11 is 0. The minimum absolute atomic E-state index is 0.156. The molecule has 0 fully saturated rings. The molecule has 1 aliphatic carbocycles. The molecule has 6 heteroatoms. The van der Waals surface area contributed by atoms with Crippen LogP contribution in [0, 0.1) is 11.8 Å². The fraction of sp³-hybridized carbons (Fsp3) is 0.610. The Labute approximate surface area is 286 Å². The summed E-state index contributed by atoms with van der Waals surface area (Å²) in [4.78, 5) is 24.4. The number of esters is 1. The van der Waals surface area contributed by atoms with E-state index in [1.807, 2.05) is 42.5 Å². The van der Waals surface area contributed by atoms with Gasteiger partial charge in [-0.3, -0.25) is 4.79 Å². The van der Waals surface area contributed by atoms with Crippen LogP contribution in [0.5, 0.6) is 0 Å². The van der Waals surface area contributed by atoms with Crippen molar-refractivity contribution in [3.63, 3.8) is 0 Å². The maximum Gasteiger partial charge on any atom is 0.338 e. The van der Waals surface area contributed by atoms with Crippen molar-refractivity contribution in [2.45, 2.75) is 148 Å². The molecule has 0 saturated carbocycles. The quantitative estimate of drug-likeness (QED) is 0.0661. The number of carbonyl (C=O) groups is 2. The smallest absolute Gasteiger partial charge is 0.338 e. The lowest BCUT2D eigenvalue weighted by molar-refractivity contribution is -0.137. The molecule has 0 aromatic heterocycles. The molecule has 260 valence electrons. The van der Waals surface area contributed by atoms with E-state index in [-0.39, 0.29) is 35.6 Å². The largest absolute Gasteiger partial charge is 0.481 e. The summed E-state index contributed by atoms with van der Waals surface area (Å²) in [5, 5.41) is 9.17. The van der Waals surface area contributed by atoms with Crippen molar-refractivity contribution in [3.05, 3.63) is 71.8 Å². The second-order valence-corrected chi connectivity index (χ2v) is 20.0. The summed E-state index contributed by atoms with van der Waals surface area (Å²) in [5.41, 5.74) is 4.17. The first-order valence-electron chi connectivity index (χ1n) is 18.3. The maximum atomic E-state index is 13.4. The topological polar surface area (TPSA) is 72.8 Å². The Balaban J connectivity index is 1.70. The SMILES string of the molecule is CCCCCC(C)C(CCC1=CC[C@H](OC(=O)c2ccc(-c3ccccc3)cc2)[C@@H]1CCCCCCC(=O)O)O[Si](C)(C)C(C)(C)C. The van der Waals surface area contributed by atoms with Gasteiger partial charge in [0.1, 0.15) is 6.10 Å². The van der Waals surface area contributed by atoms with Crippen LogP contribution in [-0.2, 0) is 14.0 Å². The zero-order valence-corrected chi connectivity index (χ0v) is 31.4. The van der Waals surface area contributed by atoms with Gasteiger partial charge in [-0.2, -0.15) is 0 Å². The number of rotatable bonds is 20. The number of carboxylic acid groups (broad SMARTS) is 1. The van der Waals surface area contributed by atoms with Gasteiger partial charge in [0.25, 0.3) is 0 Å². The number of benzene rings is 2. The van der Waals surface area contributed by atoms with Crippen molar-refractivity contribution in [2.24, 2.45) is 11.8 Å². The molecule has 0 radical (unpaired) electrons. The normalized spacial score (nSPS) is 18.1. The molecular formula is C41H62O5Si. The van der Waals surface area contributed by atoms with Gasteiger partial charge < -0.3 is 14.3 Å². The second kappa shape index (κ2) is 18.7. The van der Waals surface area contributed by atoms with Gasteiger partial charge >= 0.3 is 11.9 Å². The minimum Gasteiger partial charge on any atom is -0.481 e. The monoisotopic (exact) mass is 662 g/mol. The van der Waals surface area contributed by atoms with Crippen molar-refractivity contribution in [1.29, 1.82) is 0 Å². The lowest BCUT2D eigenvalue weighted by Crippen LogP contribution is -2.45. The highest BCUT2D eigenvalue weighted by Gasteiger charge is 2.40. The van der Waals surface area contributed by atoms with Gasteiger partial charge in [0.15, 0.2) is 8.32 Å². The Morgan fingerprint density at radius 2 is 1.55 bits per heavy atom. The molecule has 47 heavy (non-hydrogen) atoms. The summed E-state index contributed by atoms with van der Waals surface area (Å²) in [5.74, 6) is -0.309. The van der Waals surface area contributed by atoms with E-state index >= 15 is 0 Å². The zero-order chi connectivity index (χ0) is 34.5. The number of carbonyl (C=O) groups excluding carboxylic acids is 1. The molecule has 0 spiro atoms. The molecule has 1 N–H and O–H groups in total. The summed E-state index contributed by atoms with van der Waals surface area (Å²) in [6.07, 6.45) is 14.8. The molecule has 1 aliphatic rings. The average molecular weight is 663 g/mol. The van der Waals surface area contributed by atoms with Crippen molar-refractivity contribution in [3.8, 4) is 11.1 Å². The van der Waals surface area contributed by atoms with Gasteiger partial charge in [-0.05, 0) is 79.4 Å². The first-order valence-corrected chi connectivity index (χ1v) is 21.2. The summed E-state index contributed by atoms with van der Waals surface area (Å²) in [6, 6.07) is 17.9. The van der Waals surface area contributed by atoms with Crippen LogP contribution in [0.4, 0.5) is 0 Å². The third-order valence-electron chi connectivity index (χ3n) is 10.5. The van der Waals surface area contributed by atoms with Crippen LogP contribution >= 0.6 is 0 Å². The van der Waals surface area contributed by atoms with Gasteiger partial charge in [0.05, 0.1) is 5.56 Å². The van der Waals surface area contributed by atoms with E-state index in [0.717, 1.165) is 56.1 Å². The van der Waals surface area contributed by atoms with E-state index in [1.54, 1.807) is 0 Å². The molecule has 0 saturated heterocycles. The molecule has 0 bridgehead atoms. The summed E-state index contributed by atoms with van der Waals surface area (Å²) in [7, 11) is -1.94. The zero-order valence-electron chi connectivity index (χ0n) is 30.4. The van der Waals surface area contributed by atoms with Crippen LogP contribution in [0.3, 0.4) is 0 Å². The summed E-state index contributed by atoms with van der Waals surface area (Å²) < 4.78 is 13.4. The third kappa shape index (κ3) is 12.4. The first kappa shape index (κ1) is 38.7. The fourth-order valence-electron chi connectivity index (χ4n) is 6.47. The standard InChI is InChI=1S/C41H62O5Si/c1-8-9-13-18-31(2)37(46-47(6,7)41(3,4)5)29-27-34-28-30-38(36(34)21-16-10-11-17-22-39(42)43)45-40(44)35-25-23-33(24-26-35)32-19-14-12-15-20-32/h12,14-15,19-20,23-26,28,31,36-38H,8-11,13,16-18,21-22,27,29-30H2,1-7H3,(H,42,43)/t31?,36-,37?,38+/m1/s1. The third-order valence-corrected chi connectivity index (χ3v) is 15.1. The van der Waals surface area contributed by atoms with Crippen molar-refractivity contribution < 1.29 is 23.9 Å². The van der Waals surface area contributed by atoms with E-state index in [9.17, 15) is 9.59 Å². The van der Waals surface area contributed by atoms with Crippen molar-refractivity contribution in [2.75, 3.05) is 0 Å². The maximum absolute atomic E-state index is 13.4. The van der Waals surface area contributed by atoms with E-state index < -0.39 is 14.3 Å². The molecule has 5 nitrogen and oxygen atoms in total. The highest BCUT2D eigenvalue weighted by atomic mass is 28.4. The minimum atomic E-state index is -1.94. The Morgan fingerprint density at radius 1 is 0.894 bits per heavy atom. The van der Waals surface area contributed by atoms with Crippen molar-refractivity contribution >= 4 is 20.3 Å². The molecular weight excluding hydrogens is 601 g/mol. The number of hydrogen-bond acceptors (Lipinski definition) is 4. The lowest BCUT2D eigenvalue weighted by atomic mass is 9.87. The molecule has 4 atom stereocenters. The molecule has 2 unspecified atom stereocenters. The Hall–Kier alpha value is -2.70. The average Bonchev–Trinajstić information content (AvgIpc) is 3.41. The number of ether oxygens (including phenoxy) is 1. The van der Waals surface area contributed by atoms with Gasteiger partial charge in [0, 0.05) is 24.9 Å². The molecule has 0 aliphatic heterocycles. The molecule has 2 aromatic rings. The fourth-order valence-corrected chi connectivity index (χ4v) is 7.93. The van der Waals surface area contributed by atoms with Gasteiger partial charge in [-0.15, -0.1) is 0 Å². The first-order chi connectivity index (χ1) is 22.3. The van der Waals surface area contributed by atoms with Crippen LogP contribution in [0.15, 0.2) is 66.2 Å². The Bertz CT molecular complexity index is 1260. The number of carboxylic acids is 1.